The molecule has 0 saturated carbocycles. The number of hydrogen-bond donors (Lipinski definition) is 2. The Morgan fingerprint density at radius 2 is 1.88 bits per heavy atom. The molecule has 3 aromatic rings. The molecule has 9 heteroatoms. The molecule has 2 fully saturated rings. The Bertz CT molecular complexity index is 1120. The van der Waals surface area contributed by atoms with Crippen molar-refractivity contribution < 1.29 is 14.2 Å². The van der Waals surface area contributed by atoms with E-state index < -0.39 is 0 Å². The highest BCUT2D eigenvalue weighted by molar-refractivity contribution is 5.76. The van der Waals surface area contributed by atoms with E-state index in [-0.39, 0.29) is 5.41 Å². The van der Waals surface area contributed by atoms with Crippen LogP contribution in [0.2, 0.25) is 0 Å². The molecule has 0 amide bonds. The third-order valence-electron chi connectivity index (χ3n) is 6.87. The molecule has 182 valence electrons. The third-order valence-corrected chi connectivity index (χ3v) is 6.87. The normalized spacial score (nSPS) is 18.3. The summed E-state index contributed by atoms with van der Waals surface area (Å²) in [4.78, 5) is 19.6. The minimum atomic E-state index is -0.0240. The van der Waals surface area contributed by atoms with E-state index in [9.17, 15) is 0 Å². The van der Waals surface area contributed by atoms with Gasteiger partial charge in [0.15, 0.2) is 5.65 Å². The average molecular weight is 467 g/mol. The van der Waals surface area contributed by atoms with Gasteiger partial charge in [-0.05, 0) is 30.5 Å². The fourth-order valence-corrected chi connectivity index (χ4v) is 4.92. The number of aromatic amines is 1. The number of imidazole rings is 1. The first kappa shape index (κ1) is 23.0. The number of nitrogens with one attached hydrogen (secondary N) is 2. The summed E-state index contributed by atoms with van der Waals surface area (Å²) in [6, 6.07) is 6.34. The number of hydrogen-bond acceptors (Lipinski definition) is 8. The summed E-state index contributed by atoms with van der Waals surface area (Å²) in [5.74, 6) is 1.62. The number of fused-ring (bicyclic) bond motifs is 1. The van der Waals surface area contributed by atoms with Crippen LogP contribution in [0.5, 0.6) is 5.75 Å². The second-order valence-electron chi connectivity index (χ2n) is 9.73. The number of nitrogens with zero attached hydrogens (tertiary/aromatic N) is 4. The maximum Gasteiger partial charge on any atom is 0.229 e. The van der Waals surface area contributed by atoms with Crippen LogP contribution in [0, 0.1) is 0 Å². The number of aromatic nitrogens is 4. The summed E-state index contributed by atoms with van der Waals surface area (Å²) in [7, 11) is 1.70. The molecule has 9 nitrogen and oxygen atoms in total. The quantitative estimate of drug-likeness (QED) is 0.545. The van der Waals surface area contributed by atoms with Crippen LogP contribution in [0.15, 0.2) is 24.5 Å². The summed E-state index contributed by atoms with van der Waals surface area (Å²) in [5.41, 5.74) is 4.61. The second-order valence-corrected chi connectivity index (χ2v) is 9.73. The van der Waals surface area contributed by atoms with Gasteiger partial charge in [0.1, 0.15) is 11.3 Å². The summed E-state index contributed by atoms with van der Waals surface area (Å²) >= 11 is 0. The molecular weight excluding hydrogens is 432 g/mol. The number of ether oxygens (including phenoxy) is 3. The number of methoxy groups -OCH3 is 1. The van der Waals surface area contributed by atoms with Crippen LogP contribution < -0.4 is 10.1 Å². The van der Waals surface area contributed by atoms with E-state index in [1.54, 1.807) is 13.4 Å². The summed E-state index contributed by atoms with van der Waals surface area (Å²) in [5, 5.41) is 3.39. The largest absolute Gasteiger partial charge is 0.495 e. The SMILES string of the molecule is COc1cc(C(C)(C)CN2CCOCC2)ccc1Nc1nc(C2CCOCC2)c2[nH]cnc2n1. The van der Waals surface area contributed by atoms with Gasteiger partial charge in [-0.3, -0.25) is 4.90 Å². The van der Waals surface area contributed by atoms with Crippen molar-refractivity contribution in [2.75, 3.05) is 58.5 Å². The number of morpholine rings is 1. The summed E-state index contributed by atoms with van der Waals surface area (Å²) in [6.45, 7) is 10.6. The lowest BCUT2D eigenvalue weighted by atomic mass is 9.83. The molecule has 2 aliphatic heterocycles. The van der Waals surface area contributed by atoms with Crippen molar-refractivity contribution in [1.82, 2.24) is 24.8 Å². The molecule has 0 bridgehead atoms. The Morgan fingerprint density at radius 1 is 1.12 bits per heavy atom. The molecule has 0 unspecified atom stereocenters. The van der Waals surface area contributed by atoms with E-state index in [1.807, 2.05) is 0 Å². The lowest BCUT2D eigenvalue weighted by Crippen LogP contribution is -2.43. The summed E-state index contributed by atoms with van der Waals surface area (Å²) in [6.07, 6.45) is 3.57. The monoisotopic (exact) mass is 466 g/mol. The van der Waals surface area contributed by atoms with Gasteiger partial charge in [0.05, 0.1) is 38.0 Å². The molecule has 4 heterocycles. The zero-order chi connectivity index (χ0) is 23.5. The highest BCUT2D eigenvalue weighted by Crippen LogP contribution is 2.35. The number of H-pyrrole nitrogens is 1. The van der Waals surface area contributed by atoms with Gasteiger partial charge in [-0.25, -0.2) is 9.97 Å². The van der Waals surface area contributed by atoms with Gasteiger partial charge in [-0.1, -0.05) is 19.9 Å². The van der Waals surface area contributed by atoms with Crippen molar-refractivity contribution in [1.29, 1.82) is 0 Å². The molecule has 0 aliphatic carbocycles. The van der Waals surface area contributed by atoms with Crippen molar-refractivity contribution in [2.24, 2.45) is 0 Å². The van der Waals surface area contributed by atoms with Crippen LogP contribution >= 0.6 is 0 Å². The van der Waals surface area contributed by atoms with Gasteiger partial charge in [0.2, 0.25) is 5.95 Å². The van der Waals surface area contributed by atoms with Crippen LogP contribution in [0.25, 0.3) is 11.2 Å². The van der Waals surface area contributed by atoms with E-state index in [0.29, 0.717) is 17.5 Å². The molecule has 0 atom stereocenters. The van der Waals surface area contributed by atoms with E-state index in [1.165, 1.54) is 5.56 Å². The minimum absolute atomic E-state index is 0.0240. The molecule has 0 radical (unpaired) electrons. The molecule has 2 saturated heterocycles. The fraction of sp³-hybridized carbons (Fsp3) is 0.560. The minimum Gasteiger partial charge on any atom is -0.495 e. The van der Waals surface area contributed by atoms with Crippen LogP contribution in [0.1, 0.15) is 43.9 Å². The number of anilines is 2. The molecule has 5 rings (SSSR count). The lowest BCUT2D eigenvalue weighted by Gasteiger charge is -2.35. The number of benzene rings is 1. The van der Waals surface area contributed by atoms with Gasteiger partial charge in [-0.15, -0.1) is 0 Å². The van der Waals surface area contributed by atoms with Crippen molar-refractivity contribution in [2.45, 2.75) is 38.0 Å². The van der Waals surface area contributed by atoms with Gasteiger partial charge in [0, 0.05) is 44.2 Å². The Kier molecular flexibility index (Phi) is 6.67. The van der Waals surface area contributed by atoms with Crippen LogP contribution in [-0.2, 0) is 14.9 Å². The third kappa shape index (κ3) is 4.87. The van der Waals surface area contributed by atoms with Gasteiger partial charge in [0.25, 0.3) is 0 Å². The first-order chi connectivity index (χ1) is 16.5. The Morgan fingerprint density at radius 3 is 2.65 bits per heavy atom. The molecule has 34 heavy (non-hydrogen) atoms. The Labute approximate surface area is 200 Å². The topological polar surface area (TPSA) is 97.4 Å². The van der Waals surface area contributed by atoms with Crippen LogP contribution in [0.3, 0.4) is 0 Å². The molecular formula is C25H34N6O3. The zero-order valence-corrected chi connectivity index (χ0v) is 20.3. The standard InChI is InChI=1S/C25H34N6O3/c1-25(2,15-31-8-12-34-13-9-31)18-4-5-19(20(14-18)32-3)28-24-29-21(17-6-10-33-11-7-17)22-23(30-24)27-16-26-22/h4-5,14,16-17H,6-13,15H2,1-3H3,(H2,26,27,28,29,30). The first-order valence-corrected chi connectivity index (χ1v) is 12.1. The van der Waals surface area contributed by atoms with E-state index in [4.69, 9.17) is 19.2 Å². The average Bonchev–Trinajstić information content (AvgIpc) is 3.33. The summed E-state index contributed by atoms with van der Waals surface area (Å²) < 4.78 is 16.8. The predicted octanol–water partition coefficient (Wildman–Crippen LogP) is 3.61. The molecule has 2 aliphatic rings. The lowest BCUT2D eigenvalue weighted by molar-refractivity contribution is 0.0295. The van der Waals surface area contributed by atoms with Gasteiger partial charge in [-0.2, -0.15) is 4.98 Å². The second kappa shape index (κ2) is 9.85. The van der Waals surface area contributed by atoms with Crippen molar-refractivity contribution >= 4 is 22.8 Å². The molecule has 2 N–H and O–H groups in total. The first-order valence-electron chi connectivity index (χ1n) is 12.1. The van der Waals surface area contributed by atoms with Gasteiger partial charge >= 0.3 is 0 Å². The predicted molar refractivity (Wildman–Crippen MR) is 131 cm³/mol. The van der Waals surface area contributed by atoms with Crippen LogP contribution in [-0.4, -0.2) is 78.0 Å². The van der Waals surface area contributed by atoms with E-state index >= 15 is 0 Å². The van der Waals surface area contributed by atoms with Crippen molar-refractivity contribution in [3.05, 3.63) is 35.8 Å². The molecule has 2 aromatic heterocycles. The highest BCUT2D eigenvalue weighted by Gasteiger charge is 2.27. The van der Waals surface area contributed by atoms with E-state index in [2.05, 4.69) is 57.2 Å². The Balaban J connectivity index is 1.40. The highest BCUT2D eigenvalue weighted by atomic mass is 16.5. The van der Waals surface area contributed by atoms with Crippen LogP contribution in [0.4, 0.5) is 11.6 Å². The fourth-order valence-electron chi connectivity index (χ4n) is 4.92. The van der Waals surface area contributed by atoms with Gasteiger partial charge < -0.3 is 24.5 Å². The maximum absolute atomic E-state index is 5.77. The maximum atomic E-state index is 5.77. The van der Waals surface area contributed by atoms with Crippen molar-refractivity contribution in [3.63, 3.8) is 0 Å². The Hall–Kier alpha value is -2.75. The molecule has 0 spiro atoms. The molecule has 1 aromatic carbocycles. The van der Waals surface area contributed by atoms with E-state index in [0.717, 1.165) is 81.6 Å². The number of rotatable bonds is 7. The van der Waals surface area contributed by atoms with Crippen molar-refractivity contribution in [3.8, 4) is 5.75 Å². The smallest absolute Gasteiger partial charge is 0.229 e. The zero-order valence-electron chi connectivity index (χ0n) is 20.3.